The van der Waals surface area contributed by atoms with Crippen molar-refractivity contribution in [3.63, 3.8) is 0 Å². The predicted octanol–water partition coefficient (Wildman–Crippen LogP) is 3.18. The third kappa shape index (κ3) is 4.86. The van der Waals surface area contributed by atoms with Gasteiger partial charge in [-0.15, -0.1) is 0 Å². The molecule has 0 bridgehead atoms. The summed E-state index contributed by atoms with van der Waals surface area (Å²) in [4.78, 5) is 15.9. The molecule has 2 heterocycles. The predicted molar refractivity (Wildman–Crippen MR) is 105 cm³/mol. The molecule has 1 atom stereocenters. The highest BCUT2D eigenvalue weighted by Gasteiger charge is 2.22. The van der Waals surface area contributed by atoms with Crippen molar-refractivity contribution in [2.75, 3.05) is 32.7 Å². The van der Waals surface area contributed by atoms with Crippen LogP contribution in [-0.4, -0.2) is 53.5 Å². The molecule has 3 rings (SSSR count). The number of piperidine rings is 1. The van der Waals surface area contributed by atoms with Gasteiger partial charge >= 0.3 is 0 Å². The lowest BCUT2D eigenvalue weighted by atomic mass is 9.89. The summed E-state index contributed by atoms with van der Waals surface area (Å²) < 4.78 is 0. The summed E-state index contributed by atoms with van der Waals surface area (Å²) in [6, 6.07) is 6.61. The highest BCUT2D eigenvalue weighted by molar-refractivity contribution is 5.73. The smallest absolute Gasteiger partial charge is 0.219 e. The number of benzene rings is 1. The average molecular weight is 359 g/mol. The van der Waals surface area contributed by atoms with Gasteiger partial charge in [0.15, 0.2) is 0 Å². The number of rotatable bonds is 5. The molecule has 0 aliphatic carbocycles. The van der Waals surface area contributed by atoms with Crippen molar-refractivity contribution in [3.05, 3.63) is 34.9 Å². The lowest BCUT2D eigenvalue weighted by Crippen LogP contribution is -2.37. The second-order valence-corrected chi connectivity index (χ2v) is 8.00. The molecule has 2 aliphatic rings. The zero-order valence-corrected chi connectivity index (χ0v) is 16.4. The van der Waals surface area contributed by atoms with Gasteiger partial charge in [0.2, 0.25) is 5.91 Å². The molecule has 1 unspecified atom stereocenters. The maximum absolute atomic E-state index is 11.4. The van der Waals surface area contributed by atoms with Crippen LogP contribution >= 0.6 is 0 Å². The van der Waals surface area contributed by atoms with Crippen LogP contribution in [0.3, 0.4) is 0 Å². The first-order chi connectivity index (χ1) is 12.6. The van der Waals surface area contributed by atoms with E-state index in [1.54, 1.807) is 6.92 Å². The summed E-state index contributed by atoms with van der Waals surface area (Å²) in [5.41, 5.74) is 3.95. The number of hydrogen-bond acceptors (Lipinski definition) is 3. The number of carbonyl (C=O) groups excluding carboxylic acids is 1. The summed E-state index contributed by atoms with van der Waals surface area (Å²) >= 11 is 0. The Morgan fingerprint density at radius 3 is 2.50 bits per heavy atom. The summed E-state index contributed by atoms with van der Waals surface area (Å²) in [6.45, 7) is 9.02. The summed E-state index contributed by atoms with van der Waals surface area (Å²) in [5, 5.41) is 10.7. The van der Waals surface area contributed by atoms with Crippen LogP contribution in [0.15, 0.2) is 18.2 Å². The number of likely N-dealkylation sites (tertiary alicyclic amines) is 1. The van der Waals surface area contributed by atoms with Crippen molar-refractivity contribution in [1.29, 1.82) is 0 Å². The molecule has 26 heavy (non-hydrogen) atoms. The fourth-order valence-corrected chi connectivity index (χ4v) is 4.41. The Labute approximate surface area is 158 Å². The zero-order chi connectivity index (χ0) is 18.5. The molecule has 2 aliphatic heterocycles. The maximum atomic E-state index is 11.4. The second-order valence-electron chi connectivity index (χ2n) is 8.00. The molecule has 1 amide bonds. The maximum Gasteiger partial charge on any atom is 0.219 e. The van der Waals surface area contributed by atoms with Crippen molar-refractivity contribution < 1.29 is 9.90 Å². The topological polar surface area (TPSA) is 43.8 Å². The van der Waals surface area contributed by atoms with E-state index in [9.17, 15) is 9.90 Å². The minimum atomic E-state index is -0.364. The van der Waals surface area contributed by atoms with Gasteiger partial charge in [0.25, 0.3) is 0 Å². The molecule has 1 saturated heterocycles. The molecule has 4 nitrogen and oxygen atoms in total. The molecule has 0 spiro atoms. The minimum absolute atomic E-state index is 0.190. The number of likely N-dealkylation sites (N-methyl/N-ethyl adjacent to an activating group) is 1. The standard InChI is InChI=1S/C22H34N2O2/c1-3-23-12-10-19-5-6-21(16-20(19)11-13-23)22(26)7-4-18-8-14-24(15-9-18)17(2)25/h5-6,16,18,22,26H,3-4,7-15H2,1-2H3. The van der Waals surface area contributed by atoms with Crippen molar-refractivity contribution >= 4 is 5.91 Å². The molecule has 4 heteroatoms. The van der Waals surface area contributed by atoms with Crippen LogP contribution in [-0.2, 0) is 17.6 Å². The zero-order valence-electron chi connectivity index (χ0n) is 16.4. The van der Waals surface area contributed by atoms with Gasteiger partial charge in [-0.05, 0) is 67.7 Å². The molecule has 0 radical (unpaired) electrons. The van der Waals surface area contributed by atoms with Crippen molar-refractivity contribution in [1.82, 2.24) is 9.80 Å². The number of carbonyl (C=O) groups is 1. The monoisotopic (exact) mass is 358 g/mol. The van der Waals surface area contributed by atoms with Gasteiger partial charge in [-0.2, -0.15) is 0 Å². The van der Waals surface area contributed by atoms with Gasteiger partial charge in [-0.1, -0.05) is 25.1 Å². The van der Waals surface area contributed by atoms with Crippen LogP contribution in [0.2, 0.25) is 0 Å². The SMILES string of the molecule is CCN1CCc2ccc(C(O)CCC3CCN(C(C)=O)CC3)cc2CC1. The van der Waals surface area contributed by atoms with Gasteiger partial charge < -0.3 is 14.9 Å². The van der Waals surface area contributed by atoms with E-state index in [-0.39, 0.29) is 12.0 Å². The third-order valence-electron chi connectivity index (χ3n) is 6.37. The largest absolute Gasteiger partial charge is 0.388 e. The molecular weight excluding hydrogens is 324 g/mol. The lowest BCUT2D eigenvalue weighted by molar-refractivity contribution is -0.130. The Kier molecular flexibility index (Phi) is 6.71. The first-order valence-corrected chi connectivity index (χ1v) is 10.3. The van der Waals surface area contributed by atoms with Gasteiger partial charge in [-0.25, -0.2) is 0 Å². The van der Waals surface area contributed by atoms with E-state index in [4.69, 9.17) is 0 Å². The van der Waals surface area contributed by atoms with Crippen LogP contribution in [0.4, 0.5) is 0 Å². The van der Waals surface area contributed by atoms with Crippen molar-refractivity contribution in [2.45, 2.75) is 58.5 Å². The fraction of sp³-hybridized carbons (Fsp3) is 0.682. The Bertz CT molecular complexity index is 608. The van der Waals surface area contributed by atoms with Crippen LogP contribution in [0.1, 0.15) is 62.3 Å². The van der Waals surface area contributed by atoms with Crippen molar-refractivity contribution in [2.24, 2.45) is 5.92 Å². The molecule has 1 N–H and O–H groups in total. The molecule has 0 saturated carbocycles. The molecule has 1 aromatic carbocycles. The van der Waals surface area contributed by atoms with E-state index in [1.807, 2.05) is 4.90 Å². The second kappa shape index (κ2) is 9.01. The normalized spacial score (nSPS) is 20.5. The quantitative estimate of drug-likeness (QED) is 0.879. The molecule has 1 aromatic rings. The van der Waals surface area contributed by atoms with Gasteiger partial charge in [0.05, 0.1) is 6.10 Å². The highest BCUT2D eigenvalue weighted by atomic mass is 16.3. The van der Waals surface area contributed by atoms with Crippen LogP contribution in [0.5, 0.6) is 0 Å². The summed E-state index contributed by atoms with van der Waals surface area (Å²) in [6.07, 6.45) is 5.86. The first-order valence-electron chi connectivity index (χ1n) is 10.3. The first kappa shape index (κ1) is 19.4. The van der Waals surface area contributed by atoms with Crippen LogP contribution < -0.4 is 0 Å². The van der Waals surface area contributed by atoms with Gasteiger partial charge in [0, 0.05) is 33.1 Å². The Hall–Kier alpha value is -1.39. The molecule has 1 fully saturated rings. The minimum Gasteiger partial charge on any atom is -0.388 e. The number of nitrogens with zero attached hydrogens (tertiary/aromatic N) is 2. The van der Waals surface area contributed by atoms with Gasteiger partial charge in [-0.3, -0.25) is 4.79 Å². The number of amides is 1. The number of fused-ring (bicyclic) bond motifs is 1. The third-order valence-corrected chi connectivity index (χ3v) is 6.37. The van der Waals surface area contributed by atoms with Crippen molar-refractivity contribution in [3.8, 4) is 0 Å². The molecule has 0 aromatic heterocycles. The number of aliphatic hydroxyl groups excluding tert-OH is 1. The number of hydrogen-bond donors (Lipinski definition) is 1. The molecule has 144 valence electrons. The van der Waals surface area contributed by atoms with E-state index in [0.717, 1.165) is 76.8 Å². The van der Waals surface area contributed by atoms with E-state index >= 15 is 0 Å². The van der Waals surface area contributed by atoms with E-state index < -0.39 is 0 Å². The van der Waals surface area contributed by atoms with E-state index in [2.05, 4.69) is 30.0 Å². The van der Waals surface area contributed by atoms with Crippen LogP contribution in [0, 0.1) is 5.92 Å². The number of aliphatic hydroxyl groups is 1. The Balaban J connectivity index is 1.52. The Morgan fingerprint density at radius 1 is 1.15 bits per heavy atom. The molecular formula is C22H34N2O2. The Morgan fingerprint density at radius 2 is 1.85 bits per heavy atom. The highest BCUT2D eigenvalue weighted by Crippen LogP contribution is 2.28. The van der Waals surface area contributed by atoms with E-state index in [1.165, 1.54) is 11.1 Å². The van der Waals surface area contributed by atoms with Gasteiger partial charge in [0.1, 0.15) is 0 Å². The fourth-order valence-electron chi connectivity index (χ4n) is 4.41. The average Bonchev–Trinajstić information content (AvgIpc) is 2.88. The summed E-state index contributed by atoms with van der Waals surface area (Å²) in [5.74, 6) is 0.828. The van der Waals surface area contributed by atoms with Crippen LogP contribution in [0.25, 0.3) is 0 Å². The lowest BCUT2D eigenvalue weighted by Gasteiger charge is -2.31. The van der Waals surface area contributed by atoms with E-state index in [0.29, 0.717) is 5.92 Å². The summed E-state index contributed by atoms with van der Waals surface area (Å²) in [7, 11) is 0.